The molecule has 0 bridgehead atoms. The number of rotatable bonds is 5. The van der Waals surface area contributed by atoms with Crippen LogP contribution in [0.1, 0.15) is 44.3 Å². The van der Waals surface area contributed by atoms with Crippen molar-refractivity contribution in [2.24, 2.45) is 0 Å². The molecular formula is C18H26N4OS2. The highest BCUT2D eigenvalue weighted by molar-refractivity contribution is 7.80. The number of hydrogen-bond donors (Lipinski definition) is 2. The van der Waals surface area contributed by atoms with Crippen LogP contribution in [0.15, 0.2) is 34.5 Å². The van der Waals surface area contributed by atoms with Crippen LogP contribution in [0.2, 0.25) is 0 Å². The lowest BCUT2D eigenvalue weighted by Gasteiger charge is -2.32. The largest absolute Gasteiger partial charge is 0.467 e. The normalized spacial score (nSPS) is 17.4. The SMILES string of the molecule is S=C(NCCC1=CCCCC1)N1CCCN1C(=S)NCc1ccco1. The maximum absolute atomic E-state index is 5.59. The van der Waals surface area contributed by atoms with E-state index in [9.17, 15) is 0 Å². The molecule has 0 amide bonds. The van der Waals surface area contributed by atoms with Crippen molar-refractivity contribution in [1.29, 1.82) is 0 Å². The van der Waals surface area contributed by atoms with Gasteiger partial charge in [-0.2, -0.15) is 0 Å². The van der Waals surface area contributed by atoms with E-state index < -0.39 is 0 Å². The van der Waals surface area contributed by atoms with E-state index in [1.54, 1.807) is 11.8 Å². The molecule has 136 valence electrons. The summed E-state index contributed by atoms with van der Waals surface area (Å²) in [6.07, 6.45) is 11.3. The number of allylic oxidation sites excluding steroid dienone is 1. The second kappa shape index (κ2) is 9.20. The summed E-state index contributed by atoms with van der Waals surface area (Å²) in [4.78, 5) is 0. The summed E-state index contributed by atoms with van der Waals surface area (Å²) < 4.78 is 5.33. The van der Waals surface area contributed by atoms with E-state index in [2.05, 4.69) is 21.7 Å². The Bertz CT molecular complexity index is 615. The summed E-state index contributed by atoms with van der Waals surface area (Å²) in [6.45, 7) is 3.26. The first-order chi connectivity index (χ1) is 12.2. The van der Waals surface area contributed by atoms with E-state index in [4.69, 9.17) is 28.9 Å². The van der Waals surface area contributed by atoms with Crippen molar-refractivity contribution in [2.75, 3.05) is 19.6 Å². The minimum atomic E-state index is 0.588. The van der Waals surface area contributed by atoms with Crippen molar-refractivity contribution in [3.05, 3.63) is 35.8 Å². The number of hydrazine groups is 1. The summed E-state index contributed by atoms with van der Waals surface area (Å²) in [5.41, 5.74) is 1.57. The second-order valence-electron chi connectivity index (χ2n) is 6.43. The fourth-order valence-electron chi connectivity index (χ4n) is 3.25. The topological polar surface area (TPSA) is 43.7 Å². The minimum absolute atomic E-state index is 0.588. The molecule has 5 nitrogen and oxygen atoms in total. The Kier molecular flexibility index (Phi) is 6.69. The Labute approximate surface area is 160 Å². The number of nitrogens with one attached hydrogen (secondary N) is 2. The molecule has 0 atom stereocenters. The van der Waals surface area contributed by atoms with Crippen molar-refractivity contribution in [2.45, 2.75) is 45.1 Å². The van der Waals surface area contributed by atoms with Gasteiger partial charge in [-0.1, -0.05) is 11.6 Å². The van der Waals surface area contributed by atoms with Crippen molar-refractivity contribution in [3.63, 3.8) is 0 Å². The van der Waals surface area contributed by atoms with Gasteiger partial charge >= 0.3 is 0 Å². The minimum Gasteiger partial charge on any atom is -0.467 e. The summed E-state index contributed by atoms with van der Waals surface area (Å²) in [5, 5.41) is 12.2. The van der Waals surface area contributed by atoms with Crippen LogP contribution in [0.4, 0.5) is 0 Å². The Balaban J connectivity index is 1.44. The fraction of sp³-hybridized carbons (Fsp3) is 0.556. The van der Waals surface area contributed by atoms with Gasteiger partial charge in [0.1, 0.15) is 5.76 Å². The van der Waals surface area contributed by atoms with E-state index in [1.807, 2.05) is 17.1 Å². The Morgan fingerprint density at radius 2 is 1.88 bits per heavy atom. The van der Waals surface area contributed by atoms with Crippen molar-refractivity contribution >= 4 is 34.7 Å². The molecule has 2 heterocycles. The molecule has 1 aliphatic heterocycles. The molecule has 1 saturated heterocycles. The maximum atomic E-state index is 5.59. The van der Waals surface area contributed by atoms with Gasteiger partial charge in [-0.05, 0) is 75.1 Å². The molecule has 2 N–H and O–H groups in total. The molecule has 3 rings (SSSR count). The smallest absolute Gasteiger partial charge is 0.188 e. The average Bonchev–Trinajstić information content (AvgIpc) is 3.32. The Morgan fingerprint density at radius 3 is 2.56 bits per heavy atom. The van der Waals surface area contributed by atoms with Gasteiger partial charge in [-0.3, -0.25) is 10.0 Å². The monoisotopic (exact) mass is 378 g/mol. The van der Waals surface area contributed by atoms with Gasteiger partial charge in [-0.15, -0.1) is 0 Å². The van der Waals surface area contributed by atoms with Crippen LogP contribution < -0.4 is 10.6 Å². The number of nitrogens with zero attached hydrogens (tertiary/aromatic N) is 2. The van der Waals surface area contributed by atoms with Crippen molar-refractivity contribution in [1.82, 2.24) is 20.7 Å². The Morgan fingerprint density at radius 1 is 1.08 bits per heavy atom. The Hall–Kier alpha value is -1.60. The zero-order valence-electron chi connectivity index (χ0n) is 14.5. The molecule has 0 saturated carbocycles. The van der Waals surface area contributed by atoms with Crippen LogP contribution in [0, 0.1) is 0 Å². The van der Waals surface area contributed by atoms with Gasteiger partial charge in [0.15, 0.2) is 10.2 Å². The second-order valence-corrected chi connectivity index (χ2v) is 7.20. The molecule has 1 aromatic rings. The average molecular weight is 379 g/mol. The molecule has 25 heavy (non-hydrogen) atoms. The molecular weight excluding hydrogens is 352 g/mol. The number of thiocarbonyl (C=S) groups is 2. The predicted molar refractivity (Wildman–Crippen MR) is 108 cm³/mol. The van der Waals surface area contributed by atoms with Crippen LogP contribution in [-0.2, 0) is 6.54 Å². The third-order valence-electron chi connectivity index (χ3n) is 4.60. The van der Waals surface area contributed by atoms with Crippen LogP contribution in [0.25, 0.3) is 0 Å². The zero-order valence-corrected chi connectivity index (χ0v) is 16.1. The van der Waals surface area contributed by atoms with Gasteiger partial charge in [0.25, 0.3) is 0 Å². The summed E-state index contributed by atoms with van der Waals surface area (Å²) >= 11 is 11.1. The van der Waals surface area contributed by atoms with Crippen LogP contribution in [-0.4, -0.2) is 39.9 Å². The van der Waals surface area contributed by atoms with Crippen LogP contribution in [0.3, 0.4) is 0 Å². The number of hydrogen-bond acceptors (Lipinski definition) is 3. The number of furan rings is 1. The first-order valence-corrected chi connectivity index (χ1v) is 9.86. The van der Waals surface area contributed by atoms with Crippen LogP contribution in [0.5, 0.6) is 0 Å². The molecule has 0 aromatic carbocycles. The summed E-state index contributed by atoms with van der Waals surface area (Å²) in [7, 11) is 0. The van der Waals surface area contributed by atoms with Gasteiger partial charge < -0.3 is 15.1 Å². The third kappa shape index (κ3) is 5.19. The molecule has 0 radical (unpaired) electrons. The van der Waals surface area contributed by atoms with Gasteiger partial charge in [0, 0.05) is 19.6 Å². The molecule has 1 aliphatic carbocycles. The first kappa shape index (κ1) is 18.2. The van der Waals surface area contributed by atoms with Crippen LogP contribution >= 0.6 is 24.4 Å². The fourth-order valence-corrected chi connectivity index (χ4v) is 3.81. The molecule has 2 aliphatic rings. The predicted octanol–water partition coefficient (Wildman–Crippen LogP) is 3.34. The van der Waals surface area contributed by atoms with Gasteiger partial charge in [0.2, 0.25) is 0 Å². The standard InChI is InChI=1S/C18H26N4OS2/c24-17(19-10-9-15-6-2-1-3-7-15)21-11-5-12-22(21)18(25)20-14-16-8-4-13-23-16/h4,6,8,13H,1-3,5,7,9-12,14H2,(H,19,24)(H,20,25). The van der Waals surface area contributed by atoms with E-state index in [1.165, 1.54) is 25.7 Å². The lowest BCUT2D eigenvalue weighted by Crippen LogP contribution is -2.52. The van der Waals surface area contributed by atoms with E-state index in [-0.39, 0.29) is 0 Å². The maximum Gasteiger partial charge on any atom is 0.188 e. The highest BCUT2D eigenvalue weighted by Crippen LogP contribution is 2.19. The van der Waals surface area contributed by atoms with Crippen molar-refractivity contribution < 1.29 is 4.42 Å². The molecule has 7 heteroatoms. The summed E-state index contributed by atoms with van der Waals surface area (Å²) in [5.74, 6) is 0.870. The van der Waals surface area contributed by atoms with E-state index in [0.717, 1.165) is 43.3 Å². The lowest BCUT2D eigenvalue weighted by molar-refractivity contribution is 0.201. The third-order valence-corrected chi connectivity index (χ3v) is 5.31. The lowest BCUT2D eigenvalue weighted by atomic mass is 9.97. The quantitative estimate of drug-likeness (QED) is 0.602. The highest BCUT2D eigenvalue weighted by Gasteiger charge is 2.26. The molecule has 0 spiro atoms. The zero-order chi connectivity index (χ0) is 17.5. The van der Waals surface area contributed by atoms with Gasteiger partial charge in [0.05, 0.1) is 12.8 Å². The summed E-state index contributed by atoms with van der Waals surface area (Å²) in [6, 6.07) is 3.81. The highest BCUT2D eigenvalue weighted by atomic mass is 32.1. The van der Waals surface area contributed by atoms with Crippen molar-refractivity contribution in [3.8, 4) is 0 Å². The molecule has 1 aromatic heterocycles. The molecule has 1 fully saturated rings. The van der Waals surface area contributed by atoms with E-state index >= 15 is 0 Å². The first-order valence-electron chi connectivity index (χ1n) is 9.05. The van der Waals surface area contributed by atoms with Gasteiger partial charge in [-0.25, -0.2) is 0 Å². The molecule has 0 unspecified atom stereocenters. The van der Waals surface area contributed by atoms with E-state index in [0.29, 0.717) is 11.7 Å².